The summed E-state index contributed by atoms with van der Waals surface area (Å²) in [5.41, 5.74) is 0.898. The summed E-state index contributed by atoms with van der Waals surface area (Å²) in [6, 6.07) is 0. The maximum Gasteiger partial charge on any atom is 0.408 e. The quantitative estimate of drug-likeness (QED) is 0.865. The van der Waals surface area contributed by atoms with Crippen molar-refractivity contribution < 1.29 is 9.53 Å². The van der Waals surface area contributed by atoms with E-state index >= 15 is 0 Å². The average molecular weight is 377 g/mol. The van der Waals surface area contributed by atoms with Gasteiger partial charge in [-0.05, 0) is 47.5 Å². The number of carbonyl (C=O) groups is 1. The summed E-state index contributed by atoms with van der Waals surface area (Å²) in [5, 5.41) is 11.2. The number of amides is 1. The van der Waals surface area contributed by atoms with E-state index in [0.29, 0.717) is 0 Å². The summed E-state index contributed by atoms with van der Waals surface area (Å²) in [4.78, 5) is 18.9. The molecule has 0 unspecified atom stereocenters. The molecule has 0 radical (unpaired) electrons. The normalized spacial score (nSPS) is 16.5. The van der Waals surface area contributed by atoms with Gasteiger partial charge in [-0.2, -0.15) is 0 Å². The number of carbonyl (C=O) groups excluding carboxylic acids is 1. The van der Waals surface area contributed by atoms with E-state index < -0.39 is 5.60 Å². The predicted molar refractivity (Wildman–Crippen MR) is 106 cm³/mol. The van der Waals surface area contributed by atoms with Gasteiger partial charge in [0.15, 0.2) is 5.82 Å². The van der Waals surface area contributed by atoms with E-state index in [4.69, 9.17) is 4.74 Å². The highest BCUT2D eigenvalue weighted by Crippen LogP contribution is 2.27. The van der Waals surface area contributed by atoms with E-state index in [0.717, 1.165) is 43.1 Å². The Bertz CT molecular complexity index is 772. The van der Waals surface area contributed by atoms with Gasteiger partial charge in [-0.3, -0.25) is 4.40 Å². The molecule has 1 saturated heterocycles. The zero-order valence-electron chi connectivity index (χ0n) is 17.5. The molecule has 8 heteroatoms. The second-order valence-electron chi connectivity index (χ2n) is 7.94. The Hall–Kier alpha value is -2.38. The highest BCUT2D eigenvalue weighted by Gasteiger charge is 2.34. The second kappa shape index (κ2) is 8.10. The molecule has 3 heterocycles. The summed E-state index contributed by atoms with van der Waals surface area (Å²) in [6.45, 7) is 15.2. The van der Waals surface area contributed by atoms with Gasteiger partial charge >= 0.3 is 6.09 Å². The minimum absolute atomic E-state index is 0.285. The Morgan fingerprint density at radius 3 is 2.48 bits per heavy atom. The number of nitrogens with one attached hydrogen (secondary N) is 1. The molecule has 1 aliphatic rings. The van der Waals surface area contributed by atoms with Crippen LogP contribution >= 0.6 is 0 Å². The lowest BCUT2D eigenvalue weighted by Crippen LogP contribution is -2.54. The van der Waals surface area contributed by atoms with E-state index in [1.165, 1.54) is 0 Å². The number of nitrogens with zero attached hydrogens (tertiary/aromatic N) is 5. The Kier molecular flexibility index (Phi) is 6.28. The maximum absolute atomic E-state index is 12.1. The molecule has 0 bridgehead atoms. The number of hydrogen-bond acceptors (Lipinski definition) is 6. The van der Waals surface area contributed by atoms with Crippen molar-refractivity contribution in [2.75, 3.05) is 18.0 Å². The number of rotatable bonds is 2. The summed E-state index contributed by atoms with van der Waals surface area (Å²) >= 11 is 0. The third-order valence-corrected chi connectivity index (χ3v) is 4.35. The van der Waals surface area contributed by atoms with Crippen LogP contribution in [-0.4, -0.2) is 49.9 Å². The molecule has 1 N–H and O–H groups in total. The Morgan fingerprint density at radius 1 is 1.26 bits per heavy atom. The Labute approximate surface area is 161 Å². The van der Waals surface area contributed by atoms with Crippen molar-refractivity contribution >= 4 is 17.6 Å². The lowest BCUT2D eigenvalue weighted by molar-refractivity contribution is 0.0448. The SMILES string of the molecule is CC.Cc1cn2cnnc2c(N2CCC(C)(NC(=O)OC(C)(C)C)CC2)n1. The van der Waals surface area contributed by atoms with Crippen molar-refractivity contribution in [3.05, 3.63) is 18.2 Å². The van der Waals surface area contributed by atoms with Crippen molar-refractivity contribution in [3.8, 4) is 0 Å². The molecule has 150 valence electrons. The predicted octanol–water partition coefficient (Wildman–Crippen LogP) is 3.34. The molecule has 1 aliphatic heterocycles. The van der Waals surface area contributed by atoms with Crippen LogP contribution in [0.25, 0.3) is 5.65 Å². The van der Waals surface area contributed by atoms with Gasteiger partial charge in [0, 0.05) is 24.8 Å². The van der Waals surface area contributed by atoms with Crippen molar-refractivity contribution in [3.63, 3.8) is 0 Å². The molecule has 27 heavy (non-hydrogen) atoms. The molecule has 3 rings (SSSR count). The van der Waals surface area contributed by atoms with Crippen LogP contribution in [0.1, 0.15) is 60.1 Å². The van der Waals surface area contributed by atoms with E-state index in [9.17, 15) is 4.79 Å². The first kappa shape index (κ1) is 20.9. The summed E-state index contributed by atoms with van der Waals surface area (Å²) < 4.78 is 7.28. The minimum Gasteiger partial charge on any atom is -0.444 e. The van der Waals surface area contributed by atoms with Crippen LogP contribution in [0.3, 0.4) is 0 Å². The van der Waals surface area contributed by atoms with Gasteiger partial charge in [0.1, 0.15) is 11.9 Å². The van der Waals surface area contributed by atoms with Gasteiger partial charge in [0.2, 0.25) is 5.65 Å². The third-order valence-electron chi connectivity index (χ3n) is 4.35. The highest BCUT2D eigenvalue weighted by atomic mass is 16.6. The Morgan fingerprint density at radius 2 is 1.89 bits per heavy atom. The Balaban J connectivity index is 0.00000126. The minimum atomic E-state index is -0.494. The van der Waals surface area contributed by atoms with Gasteiger partial charge in [-0.15, -0.1) is 10.2 Å². The molecule has 0 saturated carbocycles. The molecule has 1 fully saturated rings. The molecule has 0 spiro atoms. The lowest BCUT2D eigenvalue weighted by Gasteiger charge is -2.40. The van der Waals surface area contributed by atoms with Crippen molar-refractivity contribution in [2.24, 2.45) is 0 Å². The van der Waals surface area contributed by atoms with Crippen LogP contribution in [0.2, 0.25) is 0 Å². The smallest absolute Gasteiger partial charge is 0.408 e. The van der Waals surface area contributed by atoms with Crippen molar-refractivity contribution in [1.82, 2.24) is 24.9 Å². The monoisotopic (exact) mass is 376 g/mol. The first-order valence-corrected chi connectivity index (χ1v) is 9.58. The van der Waals surface area contributed by atoms with Gasteiger partial charge in [-0.25, -0.2) is 9.78 Å². The number of alkyl carbamates (subject to hydrolysis) is 1. The van der Waals surface area contributed by atoms with Crippen LogP contribution < -0.4 is 10.2 Å². The third kappa shape index (κ3) is 5.30. The zero-order chi connectivity index (χ0) is 20.2. The fraction of sp³-hybridized carbons (Fsp3) is 0.684. The topological polar surface area (TPSA) is 84.7 Å². The van der Waals surface area contributed by atoms with Crippen molar-refractivity contribution in [2.45, 2.75) is 72.4 Å². The van der Waals surface area contributed by atoms with E-state index in [2.05, 4.69) is 32.3 Å². The van der Waals surface area contributed by atoms with Crippen LogP contribution in [0, 0.1) is 6.92 Å². The highest BCUT2D eigenvalue weighted by molar-refractivity contribution is 5.69. The van der Waals surface area contributed by atoms with Crippen LogP contribution in [-0.2, 0) is 4.74 Å². The number of ether oxygens (including phenoxy) is 1. The number of hydrogen-bond donors (Lipinski definition) is 1. The molecular weight excluding hydrogens is 344 g/mol. The second-order valence-corrected chi connectivity index (χ2v) is 7.94. The number of anilines is 1. The van der Waals surface area contributed by atoms with E-state index in [1.807, 2.05) is 52.1 Å². The molecule has 0 aliphatic carbocycles. The van der Waals surface area contributed by atoms with E-state index in [1.54, 1.807) is 6.33 Å². The van der Waals surface area contributed by atoms with E-state index in [-0.39, 0.29) is 11.6 Å². The van der Waals surface area contributed by atoms with Crippen molar-refractivity contribution in [1.29, 1.82) is 0 Å². The summed E-state index contributed by atoms with van der Waals surface area (Å²) in [7, 11) is 0. The van der Waals surface area contributed by atoms with Gasteiger partial charge in [0.05, 0.1) is 5.69 Å². The first-order valence-electron chi connectivity index (χ1n) is 9.58. The molecule has 2 aromatic heterocycles. The molecule has 0 atom stereocenters. The molecule has 2 aromatic rings. The molecule has 0 aromatic carbocycles. The molecular formula is C19H32N6O2. The van der Waals surface area contributed by atoms with Gasteiger partial charge < -0.3 is 15.0 Å². The van der Waals surface area contributed by atoms with Crippen LogP contribution in [0.15, 0.2) is 12.5 Å². The number of aryl methyl sites for hydroxylation is 1. The first-order chi connectivity index (χ1) is 12.7. The molecule has 8 nitrogen and oxygen atoms in total. The summed E-state index contributed by atoms with van der Waals surface area (Å²) in [6.07, 6.45) is 4.85. The van der Waals surface area contributed by atoms with Crippen LogP contribution in [0.4, 0.5) is 10.6 Å². The summed E-state index contributed by atoms with van der Waals surface area (Å²) in [5.74, 6) is 0.844. The molecule has 1 amide bonds. The number of aromatic nitrogens is 4. The average Bonchev–Trinajstić information content (AvgIpc) is 3.02. The largest absolute Gasteiger partial charge is 0.444 e. The fourth-order valence-corrected chi connectivity index (χ4v) is 3.04. The lowest BCUT2D eigenvalue weighted by atomic mass is 9.90. The van der Waals surface area contributed by atoms with Crippen LogP contribution in [0.5, 0.6) is 0 Å². The standard InChI is InChI=1S/C17H26N6O2.C2H6/c1-12-10-23-11-18-21-14(23)13(19-12)22-8-6-17(5,7-9-22)20-15(24)25-16(2,3)4;1-2/h10-11H,6-9H2,1-5H3,(H,20,24);1-2H3. The maximum atomic E-state index is 12.1. The zero-order valence-corrected chi connectivity index (χ0v) is 17.5. The number of fused-ring (bicyclic) bond motifs is 1. The number of piperidine rings is 1. The fourth-order valence-electron chi connectivity index (χ4n) is 3.04. The van der Waals surface area contributed by atoms with Gasteiger partial charge in [-0.1, -0.05) is 13.8 Å². The van der Waals surface area contributed by atoms with Gasteiger partial charge in [0.25, 0.3) is 0 Å².